The van der Waals surface area contributed by atoms with Crippen LogP contribution in [0.1, 0.15) is 34.3 Å². The van der Waals surface area contributed by atoms with Gasteiger partial charge in [-0.15, -0.1) is 11.3 Å². The van der Waals surface area contributed by atoms with Crippen LogP contribution in [-0.4, -0.2) is 10.8 Å². The molecule has 1 aromatic heterocycles. The van der Waals surface area contributed by atoms with E-state index < -0.39 is 0 Å². The number of nitrogens with zero attached hydrogens (tertiary/aromatic N) is 1. The Morgan fingerprint density at radius 3 is 2.62 bits per heavy atom. The zero-order valence-corrected chi connectivity index (χ0v) is 9.96. The Labute approximate surface area is 99.0 Å². The quantitative estimate of drug-likeness (QED) is 0.755. The molecule has 0 saturated carbocycles. The fourth-order valence-corrected chi connectivity index (χ4v) is 2.18. The van der Waals surface area contributed by atoms with Crippen LogP contribution in [0.25, 0.3) is 0 Å². The van der Waals surface area contributed by atoms with Gasteiger partial charge in [0.1, 0.15) is 0 Å². The van der Waals surface area contributed by atoms with Crippen molar-refractivity contribution in [1.29, 1.82) is 0 Å². The van der Waals surface area contributed by atoms with Gasteiger partial charge < -0.3 is 0 Å². The summed E-state index contributed by atoms with van der Waals surface area (Å²) in [6.07, 6.45) is 3.22. The van der Waals surface area contributed by atoms with E-state index in [2.05, 4.69) is 4.98 Å². The number of Topliss-reactive ketones (excluding diaryl/α,β-unsaturated/α-hetero) is 1. The Bertz CT molecular complexity index is 459. The first-order chi connectivity index (χ1) is 7.79. The van der Waals surface area contributed by atoms with Crippen LogP contribution in [0.2, 0.25) is 0 Å². The first kappa shape index (κ1) is 11.0. The van der Waals surface area contributed by atoms with Crippen molar-refractivity contribution in [2.24, 2.45) is 0 Å². The zero-order chi connectivity index (χ0) is 11.4. The average molecular weight is 231 g/mol. The van der Waals surface area contributed by atoms with Gasteiger partial charge in [0.25, 0.3) is 0 Å². The van der Waals surface area contributed by atoms with E-state index in [0.717, 1.165) is 17.0 Å². The van der Waals surface area contributed by atoms with Gasteiger partial charge in [-0.05, 0) is 5.56 Å². The van der Waals surface area contributed by atoms with E-state index in [4.69, 9.17) is 0 Å². The van der Waals surface area contributed by atoms with E-state index in [0.29, 0.717) is 6.42 Å². The molecule has 0 aliphatic heterocycles. The van der Waals surface area contributed by atoms with Gasteiger partial charge in [-0.3, -0.25) is 4.79 Å². The highest BCUT2D eigenvalue weighted by molar-refractivity contribution is 7.09. The van der Waals surface area contributed by atoms with E-state index in [1.807, 2.05) is 42.8 Å². The molecule has 0 saturated heterocycles. The van der Waals surface area contributed by atoms with Crippen LogP contribution >= 0.6 is 11.3 Å². The number of carbonyl (C=O) groups is 1. The van der Waals surface area contributed by atoms with Crippen LogP contribution < -0.4 is 0 Å². The van der Waals surface area contributed by atoms with Crippen molar-refractivity contribution in [1.82, 2.24) is 4.98 Å². The minimum Gasteiger partial charge on any atom is -0.294 e. The number of benzene rings is 1. The number of hydrogen-bond donors (Lipinski definition) is 0. The summed E-state index contributed by atoms with van der Waals surface area (Å²) in [5.41, 5.74) is 1.99. The predicted molar refractivity (Wildman–Crippen MR) is 66.0 cm³/mol. The Balaban J connectivity index is 2.10. The van der Waals surface area contributed by atoms with Gasteiger partial charge in [0, 0.05) is 30.0 Å². The summed E-state index contributed by atoms with van der Waals surface area (Å²) in [5, 5.41) is 3.08. The summed E-state index contributed by atoms with van der Waals surface area (Å²) in [6, 6.07) is 7.80. The summed E-state index contributed by atoms with van der Waals surface area (Å²) >= 11 is 1.65. The second-order valence-electron chi connectivity index (χ2n) is 3.58. The molecule has 1 heterocycles. The standard InChI is InChI=1S/C13H13NOS/c1-2-12(15)11-5-3-10(4-6-11)9-13-14-7-8-16-13/h3-8H,2,9H2,1H3. The van der Waals surface area contributed by atoms with E-state index in [9.17, 15) is 4.79 Å². The molecule has 0 radical (unpaired) electrons. The maximum absolute atomic E-state index is 11.4. The predicted octanol–water partition coefficient (Wildman–Crippen LogP) is 3.33. The second kappa shape index (κ2) is 5.03. The Kier molecular flexibility index (Phi) is 3.47. The molecular weight excluding hydrogens is 218 g/mol. The molecule has 82 valence electrons. The van der Waals surface area contributed by atoms with Crippen LogP contribution in [0.4, 0.5) is 0 Å². The molecule has 1 aromatic carbocycles. The smallest absolute Gasteiger partial charge is 0.162 e. The number of rotatable bonds is 4. The van der Waals surface area contributed by atoms with Crippen LogP contribution in [0, 0.1) is 0 Å². The Morgan fingerprint density at radius 1 is 1.31 bits per heavy atom. The second-order valence-corrected chi connectivity index (χ2v) is 4.56. The van der Waals surface area contributed by atoms with Crippen LogP contribution in [0.3, 0.4) is 0 Å². The van der Waals surface area contributed by atoms with Gasteiger partial charge in [0.2, 0.25) is 0 Å². The van der Waals surface area contributed by atoms with Crippen molar-refractivity contribution in [3.63, 3.8) is 0 Å². The third-order valence-electron chi connectivity index (χ3n) is 2.44. The summed E-state index contributed by atoms with van der Waals surface area (Å²) in [7, 11) is 0. The lowest BCUT2D eigenvalue weighted by atomic mass is 10.1. The number of thiazole rings is 1. The fraction of sp³-hybridized carbons (Fsp3) is 0.231. The molecular formula is C13H13NOS. The van der Waals surface area contributed by atoms with Crippen molar-refractivity contribution in [3.05, 3.63) is 52.0 Å². The first-order valence-corrected chi connectivity index (χ1v) is 6.18. The van der Waals surface area contributed by atoms with Gasteiger partial charge in [-0.2, -0.15) is 0 Å². The molecule has 0 amide bonds. The molecule has 0 spiro atoms. The maximum atomic E-state index is 11.4. The number of ketones is 1. The molecule has 0 N–H and O–H groups in total. The average Bonchev–Trinajstić information content (AvgIpc) is 2.82. The highest BCUT2D eigenvalue weighted by atomic mass is 32.1. The molecule has 0 atom stereocenters. The Morgan fingerprint density at radius 2 is 2.06 bits per heavy atom. The van der Waals surface area contributed by atoms with Gasteiger partial charge in [-0.1, -0.05) is 31.2 Å². The summed E-state index contributed by atoms with van der Waals surface area (Å²) in [5.74, 6) is 0.195. The first-order valence-electron chi connectivity index (χ1n) is 5.30. The summed E-state index contributed by atoms with van der Waals surface area (Å²) in [6.45, 7) is 1.88. The number of aromatic nitrogens is 1. The lowest BCUT2D eigenvalue weighted by Gasteiger charge is -2.00. The van der Waals surface area contributed by atoms with Gasteiger partial charge in [0.15, 0.2) is 5.78 Å². The van der Waals surface area contributed by atoms with Gasteiger partial charge in [0.05, 0.1) is 5.01 Å². The van der Waals surface area contributed by atoms with Crippen molar-refractivity contribution in [2.75, 3.05) is 0 Å². The molecule has 2 aromatic rings. The number of hydrogen-bond acceptors (Lipinski definition) is 3. The van der Waals surface area contributed by atoms with Crippen molar-refractivity contribution >= 4 is 17.1 Å². The van der Waals surface area contributed by atoms with E-state index in [-0.39, 0.29) is 5.78 Å². The molecule has 2 rings (SSSR count). The van der Waals surface area contributed by atoms with E-state index in [1.54, 1.807) is 11.3 Å². The maximum Gasteiger partial charge on any atom is 0.162 e. The third-order valence-corrected chi connectivity index (χ3v) is 3.22. The lowest BCUT2D eigenvalue weighted by Crippen LogP contribution is -1.96. The van der Waals surface area contributed by atoms with Gasteiger partial charge in [-0.25, -0.2) is 4.98 Å². The van der Waals surface area contributed by atoms with E-state index in [1.165, 1.54) is 5.56 Å². The van der Waals surface area contributed by atoms with E-state index >= 15 is 0 Å². The molecule has 16 heavy (non-hydrogen) atoms. The monoisotopic (exact) mass is 231 g/mol. The highest BCUT2D eigenvalue weighted by Crippen LogP contribution is 2.13. The van der Waals surface area contributed by atoms with Crippen LogP contribution in [-0.2, 0) is 6.42 Å². The minimum atomic E-state index is 0.195. The van der Waals surface area contributed by atoms with Crippen molar-refractivity contribution < 1.29 is 4.79 Å². The molecule has 0 aliphatic carbocycles. The molecule has 0 bridgehead atoms. The van der Waals surface area contributed by atoms with Crippen LogP contribution in [0.5, 0.6) is 0 Å². The van der Waals surface area contributed by atoms with Crippen LogP contribution in [0.15, 0.2) is 35.8 Å². The van der Waals surface area contributed by atoms with Crippen molar-refractivity contribution in [3.8, 4) is 0 Å². The number of carbonyl (C=O) groups excluding carboxylic acids is 1. The highest BCUT2D eigenvalue weighted by Gasteiger charge is 2.03. The molecule has 3 heteroatoms. The van der Waals surface area contributed by atoms with Crippen molar-refractivity contribution in [2.45, 2.75) is 19.8 Å². The molecule has 0 unspecified atom stereocenters. The van der Waals surface area contributed by atoms with Gasteiger partial charge >= 0.3 is 0 Å². The largest absolute Gasteiger partial charge is 0.294 e. The molecule has 0 aliphatic rings. The molecule has 0 fully saturated rings. The minimum absolute atomic E-state index is 0.195. The molecule has 2 nitrogen and oxygen atoms in total. The lowest BCUT2D eigenvalue weighted by molar-refractivity contribution is 0.0988. The normalized spacial score (nSPS) is 10.3. The SMILES string of the molecule is CCC(=O)c1ccc(Cc2nccs2)cc1. The summed E-state index contributed by atoms with van der Waals surface area (Å²) in [4.78, 5) is 15.7. The zero-order valence-electron chi connectivity index (χ0n) is 9.14. The summed E-state index contributed by atoms with van der Waals surface area (Å²) < 4.78 is 0. The Hall–Kier alpha value is -1.48. The fourth-order valence-electron chi connectivity index (χ4n) is 1.53. The third kappa shape index (κ3) is 2.55. The topological polar surface area (TPSA) is 30.0 Å².